The molecule has 1 saturated heterocycles. The Morgan fingerprint density at radius 1 is 0.706 bits per heavy atom. The topological polar surface area (TPSA) is 83.7 Å². The lowest BCUT2D eigenvalue weighted by Gasteiger charge is -2.37. The molecule has 8 nitrogen and oxygen atoms in total. The molecule has 6 rings (SSSR count). The number of piperazine rings is 1. The number of aromatic nitrogens is 4. The zero-order chi connectivity index (χ0) is 23.1. The first-order valence-electron chi connectivity index (χ1n) is 11.1. The molecule has 170 valence electrons. The van der Waals surface area contributed by atoms with Gasteiger partial charge in [-0.25, -0.2) is 13.4 Å². The third kappa shape index (κ3) is 3.36. The van der Waals surface area contributed by atoms with Gasteiger partial charge in [-0.1, -0.05) is 53.7 Å². The number of sulfone groups is 1. The van der Waals surface area contributed by atoms with E-state index in [9.17, 15) is 8.42 Å². The summed E-state index contributed by atoms with van der Waals surface area (Å²) >= 11 is 0. The normalized spacial score (nSPS) is 14.7. The molecular weight excluding hydrogens is 448 g/mol. The first-order valence-corrected chi connectivity index (χ1v) is 12.6. The fourth-order valence-electron chi connectivity index (χ4n) is 4.47. The number of rotatable bonds is 4. The van der Waals surface area contributed by atoms with Crippen molar-refractivity contribution in [1.29, 1.82) is 0 Å². The van der Waals surface area contributed by atoms with Gasteiger partial charge in [0.15, 0.2) is 5.65 Å². The molecule has 0 bridgehead atoms. The van der Waals surface area contributed by atoms with Gasteiger partial charge in [0, 0.05) is 37.3 Å². The summed E-state index contributed by atoms with van der Waals surface area (Å²) < 4.78 is 28.2. The van der Waals surface area contributed by atoms with Crippen molar-refractivity contribution >= 4 is 37.9 Å². The van der Waals surface area contributed by atoms with Gasteiger partial charge in [0.25, 0.3) is 0 Å². The highest BCUT2D eigenvalue weighted by Crippen LogP contribution is 2.30. The van der Waals surface area contributed by atoms with E-state index < -0.39 is 9.84 Å². The number of hydrogen-bond donors (Lipinski definition) is 0. The number of anilines is 2. The smallest absolute Gasteiger partial charge is 0.229 e. The summed E-state index contributed by atoms with van der Waals surface area (Å²) in [5.74, 6) is 0.752. The van der Waals surface area contributed by atoms with Crippen LogP contribution in [0.2, 0.25) is 0 Å². The van der Waals surface area contributed by atoms with Gasteiger partial charge in [-0.3, -0.25) is 0 Å². The van der Waals surface area contributed by atoms with Gasteiger partial charge in [-0.05, 0) is 36.4 Å². The number of para-hydroxylation sites is 2. The third-order valence-electron chi connectivity index (χ3n) is 6.21. The van der Waals surface area contributed by atoms with E-state index in [2.05, 4.69) is 32.2 Å². The molecule has 1 aliphatic rings. The van der Waals surface area contributed by atoms with Crippen molar-refractivity contribution in [3.63, 3.8) is 0 Å². The molecule has 1 fully saturated rings. The maximum Gasteiger partial charge on any atom is 0.229 e. The fourth-order valence-corrected chi connectivity index (χ4v) is 5.73. The van der Waals surface area contributed by atoms with Crippen molar-refractivity contribution < 1.29 is 8.42 Å². The molecule has 0 spiro atoms. The molecule has 0 aliphatic carbocycles. The van der Waals surface area contributed by atoms with E-state index in [-0.39, 0.29) is 15.6 Å². The molecule has 0 radical (unpaired) electrons. The van der Waals surface area contributed by atoms with E-state index in [4.69, 9.17) is 4.98 Å². The Hall–Kier alpha value is -3.98. The fraction of sp³-hybridized carbons (Fsp3) is 0.160. The Morgan fingerprint density at radius 3 is 2.06 bits per heavy atom. The molecule has 0 N–H and O–H groups in total. The van der Waals surface area contributed by atoms with Crippen LogP contribution in [0.25, 0.3) is 16.6 Å². The van der Waals surface area contributed by atoms with Crippen molar-refractivity contribution in [2.45, 2.75) is 9.92 Å². The van der Waals surface area contributed by atoms with Crippen LogP contribution in [0.15, 0.2) is 94.9 Å². The highest BCUT2D eigenvalue weighted by atomic mass is 32.2. The van der Waals surface area contributed by atoms with Crippen molar-refractivity contribution in [3.8, 4) is 0 Å². The van der Waals surface area contributed by atoms with Crippen LogP contribution in [-0.2, 0) is 9.84 Å². The van der Waals surface area contributed by atoms with Gasteiger partial charge in [0.1, 0.15) is 5.82 Å². The Kier molecular flexibility index (Phi) is 4.91. The van der Waals surface area contributed by atoms with Crippen LogP contribution in [0, 0.1) is 0 Å². The second kappa shape index (κ2) is 8.11. The molecule has 0 amide bonds. The van der Waals surface area contributed by atoms with Gasteiger partial charge >= 0.3 is 0 Å². The number of hydrogen-bond acceptors (Lipinski definition) is 7. The quantitative estimate of drug-likeness (QED) is 0.398. The van der Waals surface area contributed by atoms with Crippen molar-refractivity contribution in [2.24, 2.45) is 0 Å². The van der Waals surface area contributed by atoms with Crippen molar-refractivity contribution in [2.75, 3.05) is 36.0 Å². The van der Waals surface area contributed by atoms with Gasteiger partial charge in [0.2, 0.25) is 14.9 Å². The SMILES string of the molecule is O=S(=O)(c1ccccc1)c1nnn2c1nc(N1CCN(c3ccccc3)CC1)c1ccccc12. The van der Waals surface area contributed by atoms with Crippen LogP contribution in [0.4, 0.5) is 11.5 Å². The molecule has 3 heterocycles. The Bertz CT molecular complexity index is 1580. The largest absolute Gasteiger partial charge is 0.368 e. The zero-order valence-corrected chi connectivity index (χ0v) is 19.1. The lowest BCUT2D eigenvalue weighted by Crippen LogP contribution is -2.47. The maximum atomic E-state index is 13.4. The molecule has 34 heavy (non-hydrogen) atoms. The number of nitrogens with zero attached hydrogens (tertiary/aromatic N) is 6. The first kappa shape index (κ1) is 20.6. The van der Waals surface area contributed by atoms with E-state index >= 15 is 0 Å². The minimum absolute atomic E-state index is 0.131. The number of fused-ring (bicyclic) bond motifs is 3. The van der Waals surface area contributed by atoms with Crippen LogP contribution in [0.5, 0.6) is 0 Å². The van der Waals surface area contributed by atoms with Gasteiger partial charge < -0.3 is 9.80 Å². The van der Waals surface area contributed by atoms with E-state index in [0.29, 0.717) is 0 Å². The minimum atomic E-state index is -3.87. The summed E-state index contributed by atoms with van der Waals surface area (Å²) in [6.07, 6.45) is 0. The average Bonchev–Trinajstić information content (AvgIpc) is 3.35. The summed E-state index contributed by atoms with van der Waals surface area (Å²) in [6.45, 7) is 3.23. The third-order valence-corrected chi connectivity index (χ3v) is 7.88. The first-order chi connectivity index (χ1) is 16.6. The summed E-state index contributed by atoms with van der Waals surface area (Å²) in [4.78, 5) is 9.58. The van der Waals surface area contributed by atoms with E-state index in [0.717, 1.165) is 42.9 Å². The monoisotopic (exact) mass is 470 g/mol. The number of benzene rings is 3. The van der Waals surface area contributed by atoms with E-state index in [1.807, 2.05) is 42.5 Å². The Morgan fingerprint density at radius 2 is 1.32 bits per heavy atom. The average molecular weight is 471 g/mol. The highest BCUT2D eigenvalue weighted by molar-refractivity contribution is 7.91. The standard InChI is InChI=1S/C25H22N6O2S/c32-34(33,20-11-5-2-6-12-20)25-24-26-23(21-13-7-8-14-22(21)31(24)28-27-25)30-17-15-29(16-18-30)19-9-3-1-4-10-19/h1-14H,15-18H2. The molecular formula is C25H22N6O2S. The Balaban J connectivity index is 1.44. The summed E-state index contributed by atoms with van der Waals surface area (Å²) in [6, 6.07) is 26.4. The molecule has 1 aliphatic heterocycles. The summed E-state index contributed by atoms with van der Waals surface area (Å²) in [7, 11) is -3.87. The lowest BCUT2D eigenvalue weighted by atomic mass is 10.2. The van der Waals surface area contributed by atoms with Crippen LogP contribution in [-0.4, -0.2) is 54.4 Å². The minimum Gasteiger partial charge on any atom is -0.368 e. The predicted octanol–water partition coefficient (Wildman–Crippen LogP) is 3.44. The molecule has 5 aromatic rings. The molecule has 9 heteroatoms. The van der Waals surface area contributed by atoms with Crippen LogP contribution >= 0.6 is 0 Å². The Labute approximate surface area is 197 Å². The summed E-state index contributed by atoms with van der Waals surface area (Å²) in [5.41, 5.74) is 2.21. The molecule has 0 unspecified atom stereocenters. The van der Waals surface area contributed by atoms with Gasteiger partial charge in [0.05, 0.1) is 10.4 Å². The van der Waals surface area contributed by atoms with E-state index in [1.54, 1.807) is 30.3 Å². The van der Waals surface area contributed by atoms with E-state index in [1.165, 1.54) is 10.2 Å². The highest BCUT2D eigenvalue weighted by Gasteiger charge is 2.28. The van der Waals surface area contributed by atoms with Crippen LogP contribution in [0.1, 0.15) is 0 Å². The van der Waals surface area contributed by atoms with Gasteiger partial charge in [-0.15, -0.1) is 5.10 Å². The molecule has 3 aromatic carbocycles. The second-order valence-corrected chi connectivity index (χ2v) is 10.1. The molecule has 0 saturated carbocycles. The second-order valence-electron chi connectivity index (χ2n) is 8.21. The van der Waals surface area contributed by atoms with Crippen molar-refractivity contribution in [3.05, 3.63) is 84.9 Å². The molecule has 2 aromatic heterocycles. The van der Waals surface area contributed by atoms with Gasteiger partial charge in [-0.2, -0.15) is 4.52 Å². The molecule has 0 atom stereocenters. The zero-order valence-electron chi connectivity index (χ0n) is 18.3. The van der Waals surface area contributed by atoms with Crippen LogP contribution < -0.4 is 9.80 Å². The van der Waals surface area contributed by atoms with Crippen molar-refractivity contribution in [1.82, 2.24) is 19.8 Å². The predicted molar refractivity (Wildman–Crippen MR) is 131 cm³/mol. The van der Waals surface area contributed by atoms with Crippen LogP contribution in [0.3, 0.4) is 0 Å². The lowest BCUT2D eigenvalue weighted by molar-refractivity contribution is 0.592. The maximum absolute atomic E-state index is 13.4. The summed E-state index contributed by atoms with van der Waals surface area (Å²) in [5, 5.41) is 9.02.